The molecule has 2 heterocycles. The van der Waals surface area contributed by atoms with Crippen molar-refractivity contribution in [1.82, 2.24) is 14.9 Å². The Hall–Kier alpha value is -2.15. The van der Waals surface area contributed by atoms with E-state index in [1.54, 1.807) is 23.7 Å². The molecule has 0 saturated heterocycles. The van der Waals surface area contributed by atoms with Gasteiger partial charge in [0.2, 0.25) is 5.91 Å². The molecule has 0 fully saturated rings. The number of nitrogens with zero attached hydrogens (tertiary/aromatic N) is 2. The number of thiophene rings is 1. The summed E-state index contributed by atoms with van der Waals surface area (Å²) in [5, 5.41) is 4.54. The van der Waals surface area contributed by atoms with Crippen LogP contribution in [0.2, 0.25) is 0 Å². The van der Waals surface area contributed by atoms with Crippen LogP contribution in [0.15, 0.2) is 29.9 Å². The summed E-state index contributed by atoms with van der Waals surface area (Å²) in [6.07, 6.45) is 3.43. The van der Waals surface area contributed by atoms with Gasteiger partial charge in [-0.15, -0.1) is 11.3 Å². The third kappa shape index (κ3) is 3.24. The molecule has 0 aliphatic rings. The van der Waals surface area contributed by atoms with Gasteiger partial charge in [-0.3, -0.25) is 4.79 Å². The van der Waals surface area contributed by atoms with Crippen molar-refractivity contribution in [3.63, 3.8) is 0 Å². The SMILES string of the molecule is COC(=O)C(Cn1ccnc1-c1cccs1)NC(C)=O. The maximum atomic E-state index is 11.7. The molecule has 106 valence electrons. The number of methoxy groups -OCH3 is 1. The molecule has 0 saturated carbocycles. The number of esters is 1. The lowest BCUT2D eigenvalue weighted by Gasteiger charge is -2.17. The third-order valence-electron chi connectivity index (χ3n) is 2.70. The number of nitrogens with one attached hydrogen (secondary N) is 1. The van der Waals surface area contributed by atoms with Crippen molar-refractivity contribution in [3.8, 4) is 10.7 Å². The molecule has 0 radical (unpaired) electrons. The van der Waals surface area contributed by atoms with E-state index in [1.807, 2.05) is 22.1 Å². The van der Waals surface area contributed by atoms with Gasteiger partial charge in [0.25, 0.3) is 0 Å². The Morgan fingerprint density at radius 3 is 2.95 bits per heavy atom. The van der Waals surface area contributed by atoms with Crippen molar-refractivity contribution in [1.29, 1.82) is 0 Å². The molecular weight excluding hydrogens is 278 g/mol. The van der Waals surface area contributed by atoms with Gasteiger partial charge in [0.05, 0.1) is 18.5 Å². The van der Waals surface area contributed by atoms with E-state index in [4.69, 9.17) is 4.74 Å². The average Bonchev–Trinajstić information content (AvgIpc) is 3.06. The average molecular weight is 293 g/mol. The van der Waals surface area contributed by atoms with Gasteiger partial charge in [0, 0.05) is 19.3 Å². The van der Waals surface area contributed by atoms with Gasteiger partial charge in [0.15, 0.2) is 0 Å². The molecule has 0 aliphatic heterocycles. The molecule has 20 heavy (non-hydrogen) atoms. The minimum absolute atomic E-state index is 0.277. The van der Waals surface area contributed by atoms with Crippen LogP contribution in [0.25, 0.3) is 10.7 Å². The lowest BCUT2D eigenvalue weighted by Crippen LogP contribution is -2.43. The summed E-state index contributed by atoms with van der Waals surface area (Å²) < 4.78 is 6.53. The van der Waals surface area contributed by atoms with Crippen LogP contribution < -0.4 is 5.32 Å². The van der Waals surface area contributed by atoms with Crippen LogP contribution in [0.3, 0.4) is 0 Å². The number of amides is 1. The Kier molecular flexibility index (Phi) is 4.52. The predicted octanol–water partition coefficient (Wildman–Crippen LogP) is 1.29. The maximum Gasteiger partial charge on any atom is 0.330 e. The highest BCUT2D eigenvalue weighted by molar-refractivity contribution is 7.13. The molecule has 6 nitrogen and oxygen atoms in total. The maximum absolute atomic E-state index is 11.7. The van der Waals surface area contributed by atoms with E-state index in [2.05, 4.69) is 10.3 Å². The number of ether oxygens (including phenoxy) is 1. The van der Waals surface area contributed by atoms with Crippen LogP contribution in [0.5, 0.6) is 0 Å². The summed E-state index contributed by atoms with van der Waals surface area (Å²) in [7, 11) is 1.30. The first-order valence-electron chi connectivity index (χ1n) is 6.01. The molecule has 2 aromatic rings. The summed E-state index contributed by atoms with van der Waals surface area (Å²) in [6.45, 7) is 1.64. The zero-order valence-electron chi connectivity index (χ0n) is 11.2. The predicted molar refractivity (Wildman–Crippen MR) is 75.2 cm³/mol. The molecule has 2 aromatic heterocycles. The van der Waals surface area contributed by atoms with Gasteiger partial charge in [-0.1, -0.05) is 6.07 Å². The fraction of sp³-hybridized carbons (Fsp3) is 0.308. The van der Waals surface area contributed by atoms with Crippen molar-refractivity contribution in [3.05, 3.63) is 29.9 Å². The van der Waals surface area contributed by atoms with E-state index in [9.17, 15) is 9.59 Å². The molecule has 1 atom stereocenters. The van der Waals surface area contributed by atoms with E-state index >= 15 is 0 Å². The Morgan fingerprint density at radius 2 is 2.35 bits per heavy atom. The molecule has 2 rings (SSSR count). The monoisotopic (exact) mass is 293 g/mol. The molecule has 0 spiro atoms. The van der Waals surface area contributed by atoms with Gasteiger partial charge in [-0.2, -0.15) is 0 Å². The molecular formula is C13H15N3O3S. The minimum atomic E-state index is -0.731. The summed E-state index contributed by atoms with van der Waals surface area (Å²) in [5.74, 6) is 0.00322. The normalized spacial score (nSPS) is 11.9. The van der Waals surface area contributed by atoms with E-state index in [0.717, 1.165) is 10.7 Å². The lowest BCUT2D eigenvalue weighted by atomic mass is 10.3. The third-order valence-corrected chi connectivity index (χ3v) is 3.57. The highest BCUT2D eigenvalue weighted by Gasteiger charge is 2.22. The van der Waals surface area contributed by atoms with Crippen LogP contribution in [0.1, 0.15) is 6.92 Å². The number of aromatic nitrogens is 2. The van der Waals surface area contributed by atoms with Crippen molar-refractivity contribution in [2.75, 3.05) is 7.11 Å². The number of rotatable bonds is 5. The van der Waals surface area contributed by atoms with Crippen LogP contribution in [0, 0.1) is 0 Å². The van der Waals surface area contributed by atoms with Crippen LogP contribution >= 0.6 is 11.3 Å². The van der Waals surface area contributed by atoms with Gasteiger partial charge in [0.1, 0.15) is 11.9 Å². The molecule has 7 heteroatoms. The van der Waals surface area contributed by atoms with E-state index in [0.29, 0.717) is 0 Å². The first-order chi connectivity index (χ1) is 9.61. The second-order valence-corrected chi connectivity index (χ2v) is 5.10. The second-order valence-electron chi connectivity index (χ2n) is 4.16. The van der Waals surface area contributed by atoms with Crippen molar-refractivity contribution < 1.29 is 14.3 Å². The highest BCUT2D eigenvalue weighted by Crippen LogP contribution is 2.23. The van der Waals surface area contributed by atoms with Crippen molar-refractivity contribution in [2.45, 2.75) is 19.5 Å². The Labute approximate surface area is 120 Å². The van der Waals surface area contributed by atoms with E-state index in [1.165, 1.54) is 14.0 Å². The number of carbonyl (C=O) groups is 2. The molecule has 1 unspecified atom stereocenters. The highest BCUT2D eigenvalue weighted by atomic mass is 32.1. The van der Waals surface area contributed by atoms with Gasteiger partial charge >= 0.3 is 5.97 Å². The van der Waals surface area contributed by atoms with Crippen LogP contribution in [0.4, 0.5) is 0 Å². The Morgan fingerprint density at radius 1 is 1.55 bits per heavy atom. The number of imidazole rings is 1. The zero-order chi connectivity index (χ0) is 14.5. The zero-order valence-corrected chi connectivity index (χ0v) is 12.0. The van der Waals surface area contributed by atoms with E-state index in [-0.39, 0.29) is 12.5 Å². The van der Waals surface area contributed by atoms with Crippen LogP contribution in [-0.4, -0.2) is 34.6 Å². The molecule has 0 bridgehead atoms. The molecule has 1 N–H and O–H groups in total. The largest absolute Gasteiger partial charge is 0.467 e. The summed E-state index contributed by atoms with van der Waals surface area (Å²) in [4.78, 5) is 28.2. The number of carbonyl (C=O) groups excluding carboxylic acids is 2. The first kappa shape index (κ1) is 14.3. The van der Waals surface area contributed by atoms with Gasteiger partial charge < -0.3 is 14.6 Å². The topological polar surface area (TPSA) is 73.2 Å². The van der Waals surface area contributed by atoms with Gasteiger partial charge in [-0.25, -0.2) is 9.78 Å². The Bertz CT molecular complexity index is 592. The standard InChI is InChI=1S/C13H15N3O3S/c1-9(17)15-10(13(18)19-2)8-16-6-5-14-12(16)11-4-3-7-20-11/h3-7,10H,8H2,1-2H3,(H,15,17). The lowest BCUT2D eigenvalue weighted by molar-refractivity contribution is -0.145. The summed E-state index contributed by atoms with van der Waals surface area (Å²) in [6, 6.07) is 3.16. The molecule has 0 aliphatic carbocycles. The van der Waals surface area contributed by atoms with Crippen molar-refractivity contribution in [2.24, 2.45) is 0 Å². The van der Waals surface area contributed by atoms with Crippen molar-refractivity contribution >= 4 is 23.2 Å². The fourth-order valence-electron chi connectivity index (χ4n) is 1.85. The quantitative estimate of drug-likeness (QED) is 0.843. The smallest absolute Gasteiger partial charge is 0.330 e. The number of hydrogen-bond donors (Lipinski definition) is 1. The molecule has 0 aromatic carbocycles. The first-order valence-corrected chi connectivity index (χ1v) is 6.89. The van der Waals surface area contributed by atoms with Crippen LogP contribution in [-0.2, 0) is 20.9 Å². The molecule has 1 amide bonds. The van der Waals surface area contributed by atoms with Gasteiger partial charge in [-0.05, 0) is 11.4 Å². The summed E-state index contributed by atoms with van der Waals surface area (Å²) in [5.41, 5.74) is 0. The van der Waals surface area contributed by atoms with E-state index < -0.39 is 12.0 Å². The summed E-state index contributed by atoms with van der Waals surface area (Å²) >= 11 is 1.56. The Balaban J connectivity index is 2.21. The number of hydrogen-bond acceptors (Lipinski definition) is 5. The fourth-order valence-corrected chi connectivity index (χ4v) is 2.59. The second kappa shape index (κ2) is 6.33. The minimum Gasteiger partial charge on any atom is -0.467 e.